The van der Waals surface area contributed by atoms with Crippen molar-refractivity contribution in [1.82, 2.24) is 0 Å². The van der Waals surface area contributed by atoms with Crippen molar-refractivity contribution in [1.29, 1.82) is 15.8 Å². The lowest BCUT2D eigenvalue weighted by Gasteiger charge is -2.20. The van der Waals surface area contributed by atoms with E-state index in [2.05, 4.69) is 0 Å². The number of nitriles is 3. The summed E-state index contributed by atoms with van der Waals surface area (Å²) in [5.74, 6) is 1.60. The molecule has 0 saturated heterocycles. The van der Waals surface area contributed by atoms with Crippen molar-refractivity contribution < 1.29 is 18.9 Å². The first-order chi connectivity index (χ1) is 13.4. The van der Waals surface area contributed by atoms with E-state index in [9.17, 15) is 5.26 Å². The van der Waals surface area contributed by atoms with Gasteiger partial charge in [-0.2, -0.15) is 15.8 Å². The fraction of sp³-hybridized carbons (Fsp3) is 0.286. The smallest absolute Gasteiger partial charge is 0.172 e. The lowest BCUT2D eigenvalue weighted by Crippen LogP contribution is -2.20. The molecule has 0 saturated carbocycles. The minimum absolute atomic E-state index is 0.00331. The normalized spacial score (nSPS) is 14.7. The average Bonchev–Trinajstić information content (AvgIpc) is 2.95. The Morgan fingerprint density at radius 2 is 1.50 bits per heavy atom. The number of rotatable bonds is 5. The summed E-state index contributed by atoms with van der Waals surface area (Å²) in [6.07, 6.45) is 3.46. The summed E-state index contributed by atoms with van der Waals surface area (Å²) in [6, 6.07) is 9.03. The third-order valence-corrected chi connectivity index (χ3v) is 4.23. The van der Waals surface area contributed by atoms with E-state index in [1.807, 2.05) is 6.07 Å². The number of benzene rings is 1. The van der Waals surface area contributed by atoms with E-state index >= 15 is 0 Å². The highest BCUT2D eigenvalue weighted by atomic mass is 16.5. The molecule has 1 aromatic carbocycles. The quantitative estimate of drug-likeness (QED) is 0.720. The maximum absolute atomic E-state index is 9.59. The van der Waals surface area contributed by atoms with Crippen LogP contribution < -0.4 is 14.2 Å². The number of ether oxygens (including phenoxy) is 4. The van der Waals surface area contributed by atoms with Gasteiger partial charge < -0.3 is 18.9 Å². The predicted molar refractivity (Wildman–Crippen MR) is 101 cm³/mol. The lowest BCUT2D eigenvalue weighted by atomic mass is 9.94. The molecule has 0 aliphatic carbocycles. The molecule has 1 aliphatic heterocycles. The van der Waals surface area contributed by atoms with E-state index in [1.54, 1.807) is 50.3 Å². The Morgan fingerprint density at radius 3 is 2.00 bits per heavy atom. The number of hydrogen-bond donors (Lipinski definition) is 0. The first-order valence-corrected chi connectivity index (χ1v) is 8.23. The van der Waals surface area contributed by atoms with Gasteiger partial charge in [0.2, 0.25) is 0 Å². The maximum Gasteiger partial charge on any atom is 0.172 e. The van der Waals surface area contributed by atoms with E-state index in [1.165, 1.54) is 21.3 Å². The van der Waals surface area contributed by atoms with Gasteiger partial charge in [0.25, 0.3) is 0 Å². The number of methoxy groups -OCH3 is 3. The molecule has 0 N–H and O–H groups in total. The topological polar surface area (TPSA) is 108 Å². The minimum Gasteiger partial charge on any atom is -0.496 e. The summed E-state index contributed by atoms with van der Waals surface area (Å²) < 4.78 is 21.8. The molecule has 0 fully saturated rings. The van der Waals surface area contributed by atoms with Gasteiger partial charge in [0, 0.05) is 17.2 Å². The first-order valence-electron chi connectivity index (χ1n) is 8.23. The molecule has 0 radical (unpaired) electrons. The SMILES string of the molecule is COc1cc(OC)c(OC)cc1/C=C/C1=C(C#N)C(=C(C#N)C#N)OC1(C)C. The number of nitrogens with zero attached hydrogens (tertiary/aromatic N) is 3. The third kappa shape index (κ3) is 3.63. The zero-order valence-corrected chi connectivity index (χ0v) is 16.3. The van der Waals surface area contributed by atoms with Crippen molar-refractivity contribution in [2.75, 3.05) is 21.3 Å². The van der Waals surface area contributed by atoms with E-state index in [0.29, 0.717) is 28.4 Å². The highest BCUT2D eigenvalue weighted by Gasteiger charge is 2.38. The Bertz CT molecular complexity index is 996. The molecule has 1 aliphatic rings. The molecule has 0 atom stereocenters. The van der Waals surface area contributed by atoms with Gasteiger partial charge in [0.1, 0.15) is 35.1 Å². The van der Waals surface area contributed by atoms with Crippen LogP contribution in [-0.2, 0) is 4.74 Å². The van der Waals surface area contributed by atoms with Crippen LogP contribution in [0.15, 0.2) is 40.7 Å². The van der Waals surface area contributed by atoms with Crippen LogP contribution in [0.2, 0.25) is 0 Å². The van der Waals surface area contributed by atoms with Gasteiger partial charge >= 0.3 is 0 Å². The number of hydrogen-bond acceptors (Lipinski definition) is 7. The Labute approximate surface area is 163 Å². The van der Waals surface area contributed by atoms with Crippen LogP contribution in [0.4, 0.5) is 0 Å². The largest absolute Gasteiger partial charge is 0.496 e. The van der Waals surface area contributed by atoms with E-state index < -0.39 is 5.60 Å². The highest BCUT2D eigenvalue weighted by Crippen LogP contribution is 2.41. The van der Waals surface area contributed by atoms with Crippen molar-refractivity contribution in [2.24, 2.45) is 0 Å². The summed E-state index contributed by atoms with van der Waals surface area (Å²) in [7, 11) is 4.60. The predicted octanol–water partition coefficient (Wildman–Crippen LogP) is 3.66. The van der Waals surface area contributed by atoms with Gasteiger partial charge in [-0.05, 0) is 19.9 Å². The molecule has 1 aromatic rings. The van der Waals surface area contributed by atoms with E-state index in [4.69, 9.17) is 29.5 Å². The lowest BCUT2D eigenvalue weighted by molar-refractivity contribution is 0.0954. The summed E-state index contributed by atoms with van der Waals surface area (Å²) >= 11 is 0. The van der Waals surface area contributed by atoms with Gasteiger partial charge in [-0.15, -0.1) is 0 Å². The molecule has 7 nitrogen and oxygen atoms in total. The van der Waals surface area contributed by atoms with Gasteiger partial charge in [-0.25, -0.2) is 0 Å². The van der Waals surface area contributed by atoms with Crippen molar-refractivity contribution in [3.63, 3.8) is 0 Å². The zero-order valence-electron chi connectivity index (χ0n) is 16.3. The molecule has 0 bridgehead atoms. The fourth-order valence-electron chi connectivity index (χ4n) is 2.84. The summed E-state index contributed by atoms with van der Waals surface area (Å²) in [4.78, 5) is 0. The first kappa shape index (κ1) is 20.4. The van der Waals surface area contributed by atoms with Crippen LogP contribution in [0.3, 0.4) is 0 Å². The molecule has 0 spiro atoms. The molecule has 0 unspecified atom stereocenters. The number of allylic oxidation sites excluding steroid dienone is 2. The minimum atomic E-state index is -0.889. The van der Waals surface area contributed by atoms with E-state index in [0.717, 1.165) is 0 Å². The molecule has 142 valence electrons. The molecular weight excluding hydrogens is 358 g/mol. The Hall–Kier alpha value is -3.89. The van der Waals surface area contributed by atoms with Crippen molar-refractivity contribution in [2.45, 2.75) is 19.4 Å². The Morgan fingerprint density at radius 1 is 0.929 bits per heavy atom. The third-order valence-electron chi connectivity index (χ3n) is 4.23. The second-order valence-electron chi connectivity index (χ2n) is 6.22. The fourth-order valence-corrected chi connectivity index (χ4v) is 2.84. The van der Waals surface area contributed by atoms with Gasteiger partial charge in [-0.1, -0.05) is 12.2 Å². The van der Waals surface area contributed by atoms with Crippen LogP contribution in [0.1, 0.15) is 19.4 Å². The second-order valence-corrected chi connectivity index (χ2v) is 6.22. The standard InChI is InChI=1S/C21H19N3O4/c1-21(2)16(15(12-24)20(28-21)14(10-22)11-23)7-6-13-8-18(26-4)19(27-5)9-17(13)25-3/h6-9H,1-5H3/b7-6+. The molecule has 1 heterocycles. The van der Waals surface area contributed by atoms with Crippen LogP contribution in [-0.4, -0.2) is 26.9 Å². The second kappa shape index (κ2) is 8.20. The summed E-state index contributed by atoms with van der Waals surface area (Å²) in [6.45, 7) is 3.52. The Kier molecular flexibility index (Phi) is 5.98. The molecule has 0 amide bonds. The molecule has 28 heavy (non-hydrogen) atoms. The summed E-state index contributed by atoms with van der Waals surface area (Å²) in [5.41, 5.74) is 0.263. The van der Waals surface area contributed by atoms with Crippen molar-refractivity contribution in [3.05, 3.63) is 46.3 Å². The van der Waals surface area contributed by atoms with Crippen LogP contribution in [0, 0.1) is 34.0 Å². The molecule has 2 rings (SSSR count). The van der Waals surface area contributed by atoms with Gasteiger partial charge in [-0.3, -0.25) is 0 Å². The zero-order chi connectivity index (χ0) is 20.9. The summed E-state index contributed by atoms with van der Waals surface area (Å²) in [5, 5.41) is 27.9. The highest BCUT2D eigenvalue weighted by molar-refractivity contribution is 5.68. The van der Waals surface area contributed by atoms with Crippen LogP contribution >= 0.6 is 0 Å². The Balaban J connectivity index is 2.63. The van der Waals surface area contributed by atoms with Crippen molar-refractivity contribution >= 4 is 6.08 Å². The van der Waals surface area contributed by atoms with Gasteiger partial charge in [0.15, 0.2) is 22.8 Å². The average molecular weight is 377 g/mol. The maximum atomic E-state index is 9.59. The van der Waals surface area contributed by atoms with Crippen molar-refractivity contribution in [3.8, 4) is 35.5 Å². The molecule has 0 aromatic heterocycles. The van der Waals surface area contributed by atoms with Crippen LogP contribution in [0.5, 0.6) is 17.2 Å². The van der Waals surface area contributed by atoms with E-state index in [-0.39, 0.29) is 16.9 Å². The monoisotopic (exact) mass is 377 g/mol. The molecule has 7 heteroatoms. The van der Waals surface area contributed by atoms with Crippen LogP contribution in [0.25, 0.3) is 6.08 Å². The molecular formula is C21H19N3O4. The van der Waals surface area contributed by atoms with Gasteiger partial charge in [0.05, 0.1) is 21.3 Å².